The highest BCUT2D eigenvalue weighted by atomic mass is 15.3. The molecule has 0 atom stereocenters. The van der Waals surface area contributed by atoms with Gasteiger partial charge in [0.25, 0.3) is 0 Å². The first-order valence-corrected chi connectivity index (χ1v) is 6.40. The maximum atomic E-state index is 5.48. The molecule has 0 amide bonds. The molecule has 0 spiro atoms. The van der Waals surface area contributed by atoms with Crippen LogP contribution in [0.15, 0.2) is 4.99 Å². The first-order chi connectivity index (χ1) is 7.36. The van der Waals surface area contributed by atoms with Crippen LogP contribution in [0, 0.1) is 0 Å². The number of unbranched alkanes of at least 4 members (excludes halogenated alkanes) is 3. The van der Waals surface area contributed by atoms with Crippen molar-refractivity contribution >= 4 is 5.84 Å². The summed E-state index contributed by atoms with van der Waals surface area (Å²) in [5.41, 5.74) is 2.76. The molecule has 1 aliphatic carbocycles. The molecule has 15 heavy (non-hydrogen) atoms. The van der Waals surface area contributed by atoms with Gasteiger partial charge in [0.1, 0.15) is 5.84 Å². The van der Waals surface area contributed by atoms with Crippen LogP contribution in [0.1, 0.15) is 64.7 Å². The third kappa shape index (κ3) is 5.17. The molecule has 0 unspecified atom stereocenters. The lowest BCUT2D eigenvalue weighted by Crippen LogP contribution is -2.31. The number of nitrogens with two attached hydrogens (primary N) is 1. The summed E-state index contributed by atoms with van der Waals surface area (Å²) in [5.74, 6) is 6.50. The van der Waals surface area contributed by atoms with Crippen molar-refractivity contribution < 1.29 is 0 Å². The van der Waals surface area contributed by atoms with Crippen LogP contribution in [-0.4, -0.2) is 11.9 Å². The Balaban J connectivity index is 2.21. The minimum atomic E-state index is 0.544. The zero-order valence-electron chi connectivity index (χ0n) is 9.97. The first-order valence-electron chi connectivity index (χ1n) is 6.40. The molecule has 0 aromatic heterocycles. The highest BCUT2D eigenvalue weighted by Gasteiger charge is 2.14. The number of hydrogen-bond donors (Lipinski definition) is 2. The third-order valence-electron chi connectivity index (χ3n) is 3.10. The average Bonchev–Trinajstić information content (AvgIpc) is 2.75. The van der Waals surface area contributed by atoms with Gasteiger partial charge in [0, 0.05) is 6.42 Å². The van der Waals surface area contributed by atoms with Gasteiger partial charge in [-0.25, -0.2) is 5.84 Å². The second-order valence-electron chi connectivity index (χ2n) is 4.47. The molecule has 3 nitrogen and oxygen atoms in total. The van der Waals surface area contributed by atoms with Gasteiger partial charge in [0.05, 0.1) is 6.04 Å². The number of hydrazine groups is 1. The molecule has 1 rings (SSSR count). The van der Waals surface area contributed by atoms with E-state index in [4.69, 9.17) is 5.84 Å². The predicted molar refractivity (Wildman–Crippen MR) is 65.8 cm³/mol. The summed E-state index contributed by atoms with van der Waals surface area (Å²) >= 11 is 0. The largest absolute Gasteiger partial charge is 0.312 e. The second kappa shape index (κ2) is 7.69. The van der Waals surface area contributed by atoms with Gasteiger partial charge >= 0.3 is 0 Å². The Morgan fingerprint density at radius 2 is 2.00 bits per heavy atom. The fourth-order valence-corrected chi connectivity index (χ4v) is 2.15. The van der Waals surface area contributed by atoms with Crippen molar-refractivity contribution in [2.75, 3.05) is 0 Å². The van der Waals surface area contributed by atoms with Gasteiger partial charge in [0.2, 0.25) is 0 Å². The summed E-state index contributed by atoms with van der Waals surface area (Å²) in [5, 5.41) is 0. The molecule has 1 fully saturated rings. The summed E-state index contributed by atoms with van der Waals surface area (Å²) in [6, 6.07) is 0.544. The van der Waals surface area contributed by atoms with Crippen LogP contribution < -0.4 is 11.3 Å². The number of nitrogens with one attached hydrogen (secondary N) is 1. The number of rotatable bonds is 6. The summed E-state index contributed by atoms with van der Waals surface area (Å²) < 4.78 is 0. The predicted octanol–water partition coefficient (Wildman–Crippen LogP) is 2.76. The molecule has 3 heteroatoms. The fourth-order valence-electron chi connectivity index (χ4n) is 2.15. The third-order valence-corrected chi connectivity index (χ3v) is 3.10. The lowest BCUT2D eigenvalue weighted by atomic mass is 10.1. The van der Waals surface area contributed by atoms with Crippen LogP contribution in [0.25, 0.3) is 0 Å². The van der Waals surface area contributed by atoms with E-state index in [0.717, 1.165) is 12.3 Å². The van der Waals surface area contributed by atoms with E-state index in [1.165, 1.54) is 51.4 Å². The Morgan fingerprint density at radius 3 is 2.60 bits per heavy atom. The Bertz CT molecular complexity index is 183. The molecular weight excluding hydrogens is 186 g/mol. The van der Waals surface area contributed by atoms with Crippen molar-refractivity contribution in [3.63, 3.8) is 0 Å². The SMILES string of the molecule is CCCCCCC(=NC1CCCC1)NN. The van der Waals surface area contributed by atoms with Gasteiger partial charge in [-0.15, -0.1) is 0 Å². The fraction of sp³-hybridized carbons (Fsp3) is 0.917. The minimum Gasteiger partial charge on any atom is -0.312 e. The van der Waals surface area contributed by atoms with Crippen LogP contribution in [0.2, 0.25) is 0 Å². The highest BCUT2D eigenvalue weighted by Crippen LogP contribution is 2.21. The smallest absolute Gasteiger partial charge is 0.111 e. The number of nitrogens with zero attached hydrogens (tertiary/aromatic N) is 1. The van der Waals surface area contributed by atoms with E-state index in [0.29, 0.717) is 6.04 Å². The van der Waals surface area contributed by atoms with Crippen molar-refractivity contribution in [3.8, 4) is 0 Å². The van der Waals surface area contributed by atoms with Crippen molar-refractivity contribution in [2.24, 2.45) is 10.8 Å². The first kappa shape index (κ1) is 12.5. The van der Waals surface area contributed by atoms with E-state index >= 15 is 0 Å². The minimum absolute atomic E-state index is 0.544. The van der Waals surface area contributed by atoms with Crippen LogP contribution in [-0.2, 0) is 0 Å². The molecule has 88 valence electrons. The van der Waals surface area contributed by atoms with Crippen LogP contribution in [0.3, 0.4) is 0 Å². The molecule has 1 aliphatic rings. The summed E-state index contributed by atoms with van der Waals surface area (Å²) in [6.07, 6.45) is 11.3. The topological polar surface area (TPSA) is 50.4 Å². The molecule has 0 aromatic rings. The van der Waals surface area contributed by atoms with Gasteiger partial charge < -0.3 is 5.43 Å². The van der Waals surface area contributed by atoms with E-state index in [1.807, 2.05) is 0 Å². The normalized spacial score (nSPS) is 18.4. The molecular formula is C12H25N3. The van der Waals surface area contributed by atoms with Crippen molar-refractivity contribution in [2.45, 2.75) is 70.8 Å². The van der Waals surface area contributed by atoms with Gasteiger partial charge in [0.15, 0.2) is 0 Å². The quantitative estimate of drug-likeness (QED) is 0.233. The molecule has 0 saturated heterocycles. The molecule has 0 bridgehead atoms. The van der Waals surface area contributed by atoms with Gasteiger partial charge in [-0.05, 0) is 19.3 Å². The monoisotopic (exact) mass is 211 g/mol. The lowest BCUT2D eigenvalue weighted by Gasteiger charge is -2.09. The number of hydrogen-bond acceptors (Lipinski definition) is 2. The molecule has 0 aromatic carbocycles. The maximum absolute atomic E-state index is 5.48. The zero-order chi connectivity index (χ0) is 10.9. The van der Waals surface area contributed by atoms with E-state index < -0.39 is 0 Å². The Hall–Kier alpha value is -0.570. The number of amidine groups is 1. The Labute approximate surface area is 93.5 Å². The molecule has 0 radical (unpaired) electrons. The standard InChI is InChI=1S/C12H25N3/c1-2-3-4-5-10-12(15-13)14-11-8-6-7-9-11/h11H,2-10,13H2,1H3,(H,14,15). The second-order valence-corrected chi connectivity index (χ2v) is 4.47. The molecule has 0 heterocycles. The Kier molecular flexibility index (Phi) is 6.41. The number of aliphatic imine (C=N–C) groups is 1. The van der Waals surface area contributed by atoms with E-state index in [-0.39, 0.29) is 0 Å². The molecule has 0 aliphatic heterocycles. The molecule has 1 saturated carbocycles. The van der Waals surface area contributed by atoms with Crippen LogP contribution in [0.4, 0.5) is 0 Å². The Morgan fingerprint density at radius 1 is 1.27 bits per heavy atom. The summed E-state index contributed by atoms with van der Waals surface area (Å²) in [6.45, 7) is 2.23. The van der Waals surface area contributed by atoms with Crippen LogP contribution in [0.5, 0.6) is 0 Å². The van der Waals surface area contributed by atoms with E-state index in [2.05, 4.69) is 17.3 Å². The lowest BCUT2D eigenvalue weighted by molar-refractivity contribution is 0.661. The van der Waals surface area contributed by atoms with Gasteiger partial charge in [-0.1, -0.05) is 39.0 Å². The maximum Gasteiger partial charge on any atom is 0.111 e. The van der Waals surface area contributed by atoms with E-state index in [9.17, 15) is 0 Å². The highest BCUT2D eigenvalue weighted by molar-refractivity contribution is 5.81. The average molecular weight is 211 g/mol. The van der Waals surface area contributed by atoms with Gasteiger partial charge in [-0.3, -0.25) is 4.99 Å². The zero-order valence-corrected chi connectivity index (χ0v) is 9.97. The van der Waals surface area contributed by atoms with Gasteiger partial charge in [-0.2, -0.15) is 0 Å². The van der Waals surface area contributed by atoms with Crippen molar-refractivity contribution in [1.82, 2.24) is 5.43 Å². The van der Waals surface area contributed by atoms with Crippen LogP contribution >= 0.6 is 0 Å². The van der Waals surface area contributed by atoms with Crippen molar-refractivity contribution in [3.05, 3.63) is 0 Å². The van der Waals surface area contributed by atoms with Crippen molar-refractivity contribution in [1.29, 1.82) is 0 Å². The summed E-state index contributed by atoms with van der Waals surface area (Å²) in [7, 11) is 0. The van der Waals surface area contributed by atoms with E-state index in [1.54, 1.807) is 0 Å². The summed E-state index contributed by atoms with van der Waals surface area (Å²) in [4.78, 5) is 4.67. The molecule has 3 N–H and O–H groups in total.